The second kappa shape index (κ2) is 18.3. The minimum Gasteiger partial charge on any atom is -0.509 e. The van der Waals surface area contributed by atoms with Crippen LogP contribution < -0.4 is 14.5 Å². The summed E-state index contributed by atoms with van der Waals surface area (Å²) in [4.78, 5) is 8.82. The number of aryl methyl sites for hydroxylation is 2. The van der Waals surface area contributed by atoms with Crippen LogP contribution in [-0.2, 0) is 40.4 Å². The smallest absolute Gasteiger partial charge is 0.135 e. The van der Waals surface area contributed by atoms with Gasteiger partial charge >= 0.3 is 0 Å². The Morgan fingerprint density at radius 1 is 0.531 bits per heavy atom. The van der Waals surface area contributed by atoms with Gasteiger partial charge in [0.05, 0.1) is 33.2 Å². The number of para-hydroxylation sites is 6. The normalized spacial score (nSPS) is 14.9. The zero-order valence-corrected chi connectivity index (χ0v) is 46.2. The topological polar surface area (TPSA) is 48.3 Å². The predicted molar refractivity (Wildman–Crippen MR) is 331 cm³/mol. The largest absolute Gasteiger partial charge is 0.509 e. The molecule has 0 fully saturated rings. The number of rotatable bonds is 7. The van der Waals surface area contributed by atoms with Crippen molar-refractivity contribution in [2.24, 2.45) is 14.0 Å². The first-order valence-electron chi connectivity index (χ1n) is 31.5. The number of aromatic nitrogens is 5. The van der Waals surface area contributed by atoms with Crippen molar-refractivity contribution >= 4 is 110 Å². The van der Waals surface area contributed by atoms with Crippen LogP contribution in [-0.4, -0.2) is 23.3 Å². The van der Waals surface area contributed by atoms with Gasteiger partial charge in [0.25, 0.3) is 0 Å². The third-order valence-electron chi connectivity index (χ3n) is 15.9. The second-order valence-electron chi connectivity index (χ2n) is 21.4. The molecule has 0 radical (unpaired) electrons. The standard InChI is InChI=1S/C72H52N7O.Pt/c1-72(2,3)46-38-39-73-65(40-46)79-61-37-34-48(78-59-30-15-9-24-51(59)52-25-10-16-31-60(52)78)42-56(61)53-36-35-50(43-64(53)79)80-49-23-19-22-47(41-49)76-44-77(63-33-18-17-32-62(63)76)71-69-67(54-26-11-13-28-57(54)74(69)4)66(45-20-7-6-8-21-45)68-55-27-12-14-29-58(55)75(5)70(68)71;/h6-40,42,44H,1-5H3;/q-3;/i4D3,5D3,9D,15D,24D,30D;. The molecule has 6 heterocycles. The number of anilines is 4. The summed E-state index contributed by atoms with van der Waals surface area (Å²) in [6.45, 7) is 2.89. The maximum Gasteiger partial charge on any atom is 0.135 e. The SMILES string of the molecule is [2H]c1c([2H])c([2H])c2c(c1[2H])c1ccccc1n2-c1ccc2c(c1)c1ccc(Oc3[c-]c(N4[CH-]N(c5c6c(c(-c7ccccc7)c7c8ccccc8n(C([2H])([2H])[2H])c57)c5ccccc5n6C([2H])([2H])[2H])c5ccccc54)ccc3)[c-]c1n2-c1cc(C(C)(C)C)ccn1.[Pt]. The van der Waals surface area contributed by atoms with E-state index in [1.165, 1.54) is 9.13 Å². The zero-order valence-electron chi connectivity index (χ0n) is 53.9. The van der Waals surface area contributed by atoms with Gasteiger partial charge in [-0.25, -0.2) is 4.98 Å². The van der Waals surface area contributed by atoms with E-state index in [0.29, 0.717) is 105 Å². The number of hydrogen-bond donors (Lipinski definition) is 0. The van der Waals surface area contributed by atoms with Crippen LogP contribution in [0, 0.1) is 18.8 Å². The van der Waals surface area contributed by atoms with Crippen LogP contribution in [0.3, 0.4) is 0 Å². The summed E-state index contributed by atoms with van der Waals surface area (Å²) in [6.07, 6.45) is 1.81. The minimum atomic E-state index is -2.73. The van der Waals surface area contributed by atoms with Crippen molar-refractivity contribution in [1.82, 2.24) is 23.3 Å². The molecule has 16 rings (SSSR count). The summed E-state index contributed by atoms with van der Waals surface area (Å²) in [5.74, 6) is 1.41. The summed E-state index contributed by atoms with van der Waals surface area (Å²) in [6, 6.07) is 66.0. The predicted octanol–water partition coefficient (Wildman–Crippen LogP) is 18.3. The first-order valence-corrected chi connectivity index (χ1v) is 26.5. The van der Waals surface area contributed by atoms with E-state index < -0.39 is 14.0 Å². The molecule has 8 nitrogen and oxygen atoms in total. The van der Waals surface area contributed by atoms with Crippen LogP contribution in [0.2, 0.25) is 0 Å². The molecular formula is C72H52N7OPt-3. The summed E-state index contributed by atoms with van der Waals surface area (Å²) in [5.41, 5.74) is 9.69. The first-order chi connectivity index (χ1) is 43.3. The van der Waals surface area contributed by atoms with E-state index in [2.05, 4.69) is 43.5 Å². The second-order valence-corrected chi connectivity index (χ2v) is 21.4. The number of pyridine rings is 1. The fourth-order valence-electron chi connectivity index (χ4n) is 12.3. The summed E-state index contributed by atoms with van der Waals surface area (Å²) in [5, 5.41) is 5.59. The molecule has 10 aromatic carbocycles. The van der Waals surface area contributed by atoms with Gasteiger partial charge in [-0.1, -0.05) is 141 Å². The van der Waals surface area contributed by atoms with Gasteiger partial charge < -0.3 is 32.8 Å². The van der Waals surface area contributed by atoms with E-state index in [-0.39, 0.29) is 50.6 Å². The number of benzene rings is 10. The molecule has 81 heavy (non-hydrogen) atoms. The van der Waals surface area contributed by atoms with Gasteiger partial charge in [-0.05, 0) is 88.6 Å². The molecule has 9 heteroatoms. The van der Waals surface area contributed by atoms with Crippen molar-refractivity contribution in [3.05, 3.63) is 243 Å². The number of nitrogens with zero attached hydrogens (tertiary/aromatic N) is 7. The van der Waals surface area contributed by atoms with Crippen LogP contribution in [0.15, 0.2) is 218 Å². The van der Waals surface area contributed by atoms with Crippen LogP contribution in [0.5, 0.6) is 11.5 Å². The van der Waals surface area contributed by atoms with E-state index in [9.17, 15) is 8.22 Å². The van der Waals surface area contributed by atoms with Gasteiger partial charge in [0, 0.05) is 132 Å². The van der Waals surface area contributed by atoms with E-state index in [4.69, 9.17) is 15.2 Å². The van der Waals surface area contributed by atoms with Gasteiger partial charge in [0.15, 0.2) is 0 Å². The number of hydrogen-bond acceptors (Lipinski definition) is 4. The van der Waals surface area contributed by atoms with Crippen molar-refractivity contribution in [3.63, 3.8) is 0 Å². The first kappa shape index (κ1) is 39.1. The maximum absolute atomic E-state index is 9.28. The Morgan fingerprint density at radius 2 is 1.17 bits per heavy atom. The van der Waals surface area contributed by atoms with Crippen LogP contribution in [0.4, 0.5) is 22.7 Å². The Hall–Kier alpha value is -9.36. The van der Waals surface area contributed by atoms with Gasteiger partial charge in [0.1, 0.15) is 5.82 Å². The van der Waals surface area contributed by atoms with Crippen molar-refractivity contribution in [2.45, 2.75) is 26.2 Å². The molecule has 0 unspecified atom stereocenters. The Morgan fingerprint density at radius 3 is 1.90 bits per heavy atom. The molecule has 0 amide bonds. The molecule has 0 spiro atoms. The van der Waals surface area contributed by atoms with Crippen molar-refractivity contribution in [1.29, 1.82) is 0 Å². The van der Waals surface area contributed by atoms with Crippen LogP contribution in [0.1, 0.15) is 40.0 Å². The minimum absolute atomic E-state index is 0. The number of ether oxygens (including phenoxy) is 1. The van der Waals surface area contributed by atoms with E-state index in [1.807, 2.05) is 209 Å². The van der Waals surface area contributed by atoms with Crippen LogP contribution in [0.25, 0.3) is 110 Å². The fourth-order valence-corrected chi connectivity index (χ4v) is 12.3. The molecule has 5 aromatic heterocycles. The molecule has 0 saturated heterocycles. The molecular weight excluding hydrogens is 1170 g/mol. The van der Waals surface area contributed by atoms with Gasteiger partial charge in [-0.3, -0.25) is 0 Å². The maximum atomic E-state index is 9.28. The van der Waals surface area contributed by atoms with Crippen molar-refractivity contribution in [3.8, 4) is 34.1 Å². The third kappa shape index (κ3) is 7.29. The summed E-state index contributed by atoms with van der Waals surface area (Å²) >= 11 is 0. The molecule has 15 aromatic rings. The molecule has 1 aliphatic heterocycles. The molecule has 1 aliphatic rings. The van der Waals surface area contributed by atoms with Crippen molar-refractivity contribution in [2.75, 3.05) is 9.80 Å². The average Bonchev–Trinajstić information content (AvgIpc) is 1.53. The molecule has 0 atom stereocenters. The Balaban J connectivity index is 0.00000689. The fraction of sp³-hybridized carbons (Fsp3) is 0.0833. The average molecular weight is 1240 g/mol. The van der Waals surface area contributed by atoms with Crippen LogP contribution >= 0.6 is 0 Å². The molecule has 0 N–H and O–H groups in total. The Bertz CT molecular complexity index is 5440. The molecule has 394 valence electrons. The summed E-state index contributed by atoms with van der Waals surface area (Å²) < 4.78 is 105. The zero-order chi connectivity index (χ0) is 62.0. The van der Waals surface area contributed by atoms with E-state index in [1.54, 1.807) is 0 Å². The van der Waals surface area contributed by atoms with Gasteiger partial charge in [-0.15, -0.1) is 48.1 Å². The van der Waals surface area contributed by atoms with E-state index >= 15 is 0 Å². The quantitative estimate of drug-likeness (QED) is 0.149. The summed E-state index contributed by atoms with van der Waals surface area (Å²) in [7, 11) is 0. The van der Waals surface area contributed by atoms with Crippen molar-refractivity contribution < 1.29 is 39.5 Å². The van der Waals surface area contributed by atoms with Gasteiger partial charge in [-0.2, -0.15) is 12.1 Å². The van der Waals surface area contributed by atoms with E-state index in [0.717, 1.165) is 44.2 Å². The van der Waals surface area contributed by atoms with Gasteiger partial charge in [0.2, 0.25) is 0 Å². The Labute approximate surface area is 497 Å². The third-order valence-corrected chi connectivity index (χ3v) is 15.9. The Kier molecular flexibility index (Phi) is 8.85. The molecule has 0 saturated carbocycles. The monoisotopic (exact) mass is 1240 g/mol. The molecule has 0 bridgehead atoms. The number of fused-ring (bicyclic) bond motifs is 13. The molecule has 0 aliphatic carbocycles.